The van der Waals surface area contributed by atoms with Gasteiger partial charge in [-0.15, -0.1) is 0 Å². The molecule has 3 aromatic rings. The Kier molecular flexibility index (Phi) is 8.99. The lowest BCUT2D eigenvalue weighted by Gasteiger charge is -2.13. The van der Waals surface area contributed by atoms with E-state index < -0.39 is 0 Å². The molecule has 188 valence electrons. The van der Waals surface area contributed by atoms with Crippen LogP contribution in [-0.2, 0) is 4.79 Å². The van der Waals surface area contributed by atoms with Crippen LogP contribution in [0.2, 0.25) is 0 Å². The lowest BCUT2D eigenvalue weighted by Crippen LogP contribution is -2.29. The molecular formula is C29H33N3O2S2. The molecule has 2 heterocycles. The van der Waals surface area contributed by atoms with Crippen LogP contribution in [-0.4, -0.2) is 38.1 Å². The SMILES string of the molecule is CCCCCCN1C(=O)C(=Cc2cn(-c3ccccc3)nc2-c2ccc(OCCC)c(C)c2)SC1=S. The second-order valence-corrected chi connectivity index (χ2v) is 10.6. The number of hydrogen-bond donors (Lipinski definition) is 0. The lowest BCUT2D eigenvalue weighted by atomic mass is 10.0. The van der Waals surface area contributed by atoms with Crippen LogP contribution in [0.15, 0.2) is 59.6 Å². The summed E-state index contributed by atoms with van der Waals surface area (Å²) in [5, 5.41) is 4.92. The largest absolute Gasteiger partial charge is 0.493 e. The Hall–Kier alpha value is -2.90. The van der Waals surface area contributed by atoms with E-state index in [1.54, 1.807) is 4.90 Å². The molecule has 0 bridgehead atoms. The minimum atomic E-state index is -0.0144. The van der Waals surface area contributed by atoms with E-state index in [9.17, 15) is 4.79 Å². The topological polar surface area (TPSA) is 47.4 Å². The molecule has 1 aromatic heterocycles. The van der Waals surface area contributed by atoms with Crippen LogP contribution >= 0.6 is 24.0 Å². The Bertz CT molecular complexity index is 1250. The average Bonchev–Trinajstić information content (AvgIpc) is 3.42. The van der Waals surface area contributed by atoms with E-state index in [0.29, 0.717) is 22.4 Å². The van der Waals surface area contributed by atoms with Crippen molar-refractivity contribution in [2.45, 2.75) is 52.9 Å². The molecule has 1 amide bonds. The Labute approximate surface area is 223 Å². The lowest BCUT2D eigenvalue weighted by molar-refractivity contribution is -0.122. The van der Waals surface area contributed by atoms with Gasteiger partial charge in [-0.05, 0) is 61.7 Å². The molecule has 0 saturated carbocycles. The Morgan fingerprint density at radius 2 is 1.86 bits per heavy atom. The fraction of sp³-hybridized carbons (Fsp3) is 0.345. The van der Waals surface area contributed by atoms with Gasteiger partial charge in [-0.25, -0.2) is 4.68 Å². The van der Waals surface area contributed by atoms with Crippen LogP contribution in [0.1, 0.15) is 57.1 Å². The smallest absolute Gasteiger partial charge is 0.266 e. The standard InChI is InChI=1S/C29H33N3O2S2/c1-4-6-7-11-16-31-28(33)26(36-29(31)35)19-23-20-32(24-12-9-8-10-13-24)30-27(23)22-14-15-25(21(3)18-22)34-17-5-2/h8-10,12-15,18-20H,4-7,11,16-17H2,1-3H3. The number of aromatic nitrogens is 2. The van der Waals surface area contributed by atoms with Crippen molar-refractivity contribution in [3.63, 3.8) is 0 Å². The van der Waals surface area contributed by atoms with E-state index in [2.05, 4.69) is 19.9 Å². The molecule has 4 rings (SSSR count). The Morgan fingerprint density at radius 1 is 1.06 bits per heavy atom. The molecular weight excluding hydrogens is 486 g/mol. The van der Waals surface area contributed by atoms with Gasteiger partial charge in [0, 0.05) is 23.9 Å². The molecule has 0 N–H and O–H groups in total. The normalized spacial score (nSPS) is 14.8. The maximum atomic E-state index is 13.2. The molecule has 5 nitrogen and oxygen atoms in total. The minimum absolute atomic E-state index is 0.0144. The predicted octanol–water partition coefficient (Wildman–Crippen LogP) is 7.42. The van der Waals surface area contributed by atoms with Crippen LogP contribution in [0.3, 0.4) is 0 Å². The quantitative estimate of drug-likeness (QED) is 0.150. The number of thiocarbonyl (C=S) groups is 1. The third kappa shape index (κ3) is 6.08. The van der Waals surface area contributed by atoms with Gasteiger partial charge in [-0.3, -0.25) is 9.69 Å². The summed E-state index contributed by atoms with van der Waals surface area (Å²) >= 11 is 6.93. The number of ether oxygens (including phenoxy) is 1. The molecule has 1 aliphatic heterocycles. The van der Waals surface area contributed by atoms with Crippen molar-refractivity contribution in [2.75, 3.05) is 13.2 Å². The second kappa shape index (κ2) is 12.4. The fourth-order valence-corrected chi connectivity index (χ4v) is 5.43. The Morgan fingerprint density at radius 3 is 2.58 bits per heavy atom. The third-order valence-corrected chi connectivity index (χ3v) is 7.45. The number of benzene rings is 2. The molecule has 0 unspecified atom stereocenters. The number of para-hydroxylation sites is 1. The van der Waals surface area contributed by atoms with E-state index in [0.717, 1.165) is 59.5 Å². The van der Waals surface area contributed by atoms with Gasteiger partial charge in [-0.1, -0.05) is 75.3 Å². The highest BCUT2D eigenvalue weighted by atomic mass is 32.2. The molecule has 0 spiro atoms. The molecule has 7 heteroatoms. The first-order valence-electron chi connectivity index (χ1n) is 12.7. The number of nitrogens with zero attached hydrogens (tertiary/aromatic N) is 3. The van der Waals surface area contributed by atoms with E-state index in [1.165, 1.54) is 18.2 Å². The van der Waals surface area contributed by atoms with Gasteiger partial charge in [-0.2, -0.15) is 5.10 Å². The van der Waals surface area contributed by atoms with Crippen molar-refractivity contribution in [1.82, 2.24) is 14.7 Å². The maximum absolute atomic E-state index is 13.2. The molecule has 1 fully saturated rings. The minimum Gasteiger partial charge on any atom is -0.493 e. The Balaban J connectivity index is 1.68. The van der Waals surface area contributed by atoms with E-state index in [1.807, 2.05) is 66.3 Å². The van der Waals surface area contributed by atoms with Gasteiger partial charge in [0.25, 0.3) is 5.91 Å². The molecule has 36 heavy (non-hydrogen) atoms. The highest BCUT2D eigenvalue weighted by Crippen LogP contribution is 2.36. The van der Waals surface area contributed by atoms with E-state index in [-0.39, 0.29) is 5.91 Å². The molecule has 0 atom stereocenters. The van der Waals surface area contributed by atoms with Crippen molar-refractivity contribution in [3.05, 3.63) is 70.8 Å². The summed E-state index contributed by atoms with van der Waals surface area (Å²) in [6.07, 6.45) is 9.29. The first kappa shape index (κ1) is 26.2. The van der Waals surface area contributed by atoms with Gasteiger partial charge in [0.2, 0.25) is 0 Å². The summed E-state index contributed by atoms with van der Waals surface area (Å²) in [6, 6.07) is 16.1. The van der Waals surface area contributed by atoms with Crippen LogP contribution in [0.5, 0.6) is 5.75 Å². The second-order valence-electron chi connectivity index (χ2n) is 8.94. The van der Waals surface area contributed by atoms with Crippen molar-refractivity contribution >= 4 is 40.3 Å². The zero-order chi connectivity index (χ0) is 25.5. The van der Waals surface area contributed by atoms with Crippen molar-refractivity contribution in [2.24, 2.45) is 0 Å². The van der Waals surface area contributed by atoms with Gasteiger partial charge in [0.15, 0.2) is 0 Å². The molecule has 0 radical (unpaired) electrons. The molecule has 1 saturated heterocycles. The molecule has 0 aliphatic carbocycles. The number of carbonyl (C=O) groups excluding carboxylic acids is 1. The first-order chi connectivity index (χ1) is 17.5. The number of carbonyl (C=O) groups is 1. The number of hydrogen-bond acceptors (Lipinski definition) is 5. The highest BCUT2D eigenvalue weighted by molar-refractivity contribution is 8.26. The number of rotatable bonds is 11. The third-order valence-electron chi connectivity index (χ3n) is 6.07. The number of aryl methyl sites for hydroxylation is 1. The van der Waals surface area contributed by atoms with Crippen LogP contribution < -0.4 is 4.74 Å². The zero-order valence-corrected chi connectivity index (χ0v) is 22.8. The molecule has 2 aromatic carbocycles. The van der Waals surface area contributed by atoms with E-state index in [4.69, 9.17) is 22.1 Å². The summed E-state index contributed by atoms with van der Waals surface area (Å²) in [7, 11) is 0. The first-order valence-corrected chi connectivity index (χ1v) is 13.9. The van der Waals surface area contributed by atoms with Gasteiger partial charge < -0.3 is 4.74 Å². The maximum Gasteiger partial charge on any atom is 0.266 e. The summed E-state index contributed by atoms with van der Waals surface area (Å²) < 4.78 is 8.37. The van der Waals surface area contributed by atoms with Crippen LogP contribution in [0, 0.1) is 6.92 Å². The van der Waals surface area contributed by atoms with Crippen molar-refractivity contribution in [3.8, 4) is 22.7 Å². The predicted molar refractivity (Wildman–Crippen MR) is 154 cm³/mol. The number of amides is 1. The highest BCUT2D eigenvalue weighted by Gasteiger charge is 2.32. The van der Waals surface area contributed by atoms with Gasteiger partial charge >= 0.3 is 0 Å². The summed E-state index contributed by atoms with van der Waals surface area (Å²) in [6.45, 7) is 7.69. The van der Waals surface area contributed by atoms with Gasteiger partial charge in [0.05, 0.1) is 17.2 Å². The van der Waals surface area contributed by atoms with Crippen LogP contribution in [0.4, 0.5) is 0 Å². The van der Waals surface area contributed by atoms with Crippen LogP contribution in [0.25, 0.3) is 23.0 Å². The number of unbranched alkanes of at least 4 members (excludes halogenated alkanes) is 3. The zero-order valence-electron chi connectivity index (χ0n) is 21.2. The number of thioether (sulfide) groups is 1. The van der Waals surface area contributed by atoms with E-state index >= 15 is 0 Å². The summed E-state index contributed by atoms with van der Waals surface area (Å²) in [5.41, 5.74) is 4.69. The average molecular weight is 520 g/mol. The monoisotopic (exact) mass is 519 g/mol. The molecule has 1 aliphatic rings. The summed E-state index contributed by atoms with van der Waals surface area (Å²) in [4.78, 5) is 15.6. The van der Waals surface area contributed by atoms with Crippen molar-refractivity contribution in [1.29, 1.82) is 0 Å². The summed E-state index contributed by atoms with van der Waals surface area (Å²) in [5.74, 6) is 0.869. The van der Waals surface area contributed by atoms with Gasteiger partial charge in [0.1, 0.15) is 15.8 Å². The van der Waals surface area contributed by atoms with Crippen molar-refractivity contribution < 1.29 is 9.53 Å². The fourth-order valence-electron chi connectivity index (χ4n) is 4.13.